The van der Waals surface area contributed by atoms with Crippen LogP contribution in [-0.4, -0.2) is 45.5 Å². The molecule has 1 aliphatic carbocycles. The van der Waals surface area contributed by atoms with Gasteiger partial charge in [-0.2, -0.15) is 5.10 Å². The molecule has 0 radical (unpaired) electrons. The van der Waals surface area contributed by atoms with Crippen LogP contribution in [0.2, 0.25) is 0 Å². The van der Waals surface area contributed by atoms with E-state index in [-0.39, 0.29) is 30.4 Å². The fourth-order valence-corrected chi connectivity index (χ4v) is 3.66. The van der Waals surface area contributed by atoms with Gasteiger partial charge in [-0.25, -0.2) is 0 Å². The Labute approximate surface area is 127 Å². The smallest absolute Gasteiger partial charge is 0.275 e. The first-order chi connectivity index (χ1) is 10.7. The molecular formula is C16H18N4O2. The van der Waals surface area contributed by atoms with Gasteiger partial charge in [0.2, 0.25) is 5.91 Å². The molecule has 2 fully saturated rings. The molecule has 2 heterocycles. The van der Waals surface area contributed by atoms with Gasteiger partial charge in [-0.3, -0.25) is 14.7 Å². The molecule has 2 unspecified atom stereocenters. The second-order valence-electron chi connectivity index (χ2n) is 6.08. The van der Waals surface area contributed by atoms with Crippen LogP contribution in [0.25, 0.3) is 10.9 Å². The summed E-state index contributed by atoms with van der Waals surface area (Å²) in [5.74, 6) is -0.222. The Kier molecular flexibility index (Phi) is 3.10. The van der Waals surface area contributed by atoms with Crippen LogP contribution in [0.1, 0.15) is 36.2 Å². The van der Waals surface area contributed by atoms with E-state index in [2.05, 4.69) is 15.5 Å². The number of carbonyl (C=O) groups excluding carboxylic acids is 2. The number of hydrogen-bond donors (Lipinski definition) is 2. The van der Waals surface area contributed by atoms with E-state index >= 15 is 0 Å². The lowest BCUT2D eigenvalue weighted by Crippen LogP contribution is -2.62. The largest absolute Gasteiger partial charge is 0.350 e. The normalized spacial score (nSPS) is 24.9. The predicted octanol–water partition coefficient (Wildman–Crippen LogP) is 1.45. The lowest BCUT2D eigenvalue weighted by molar-refractivity contribution is -0.127. The molecular weight excluding hydrogens is 280 g/mol. The highest BCUT2D eigenvalue weighted by Crippen LogP contribution is 2.28. The molecule has 0 spiro atoms. The van der Waals surface area contributed by atoms with E-state index in [4.69, 9.17) is 0 Å². The van der Waals surface area contributed by atoms with Crippen molar-refractivity contribution in [3.63, 3.8) is 0 Å². The molecule has 2 N–H and O–H groups in total. The van der Waals surface area contributed by atoms with Gasteiger partial charge in [-0.1, -0.05) is 31.0 Å². The van der Waals surface area contributed by atoms with E-state index in [1.165, 1.54) is 0 Å². The number of para-hydroxylation sites is 1. The van der Waals surface area contributed by atoms with Crippen LogP contribution >= 0.6 is 0 Å². The van der Waals surface area contributed by atoms with Crippen molar-refractivity contribution >= 4 is 22.7 Å². The van der Waals surface area contributed by atoms with Crippen molar-refractivity contribution in [2.24, 2.45) is 0 Å². The number of fused-ring (bicyclic) bond motifs is 2. The van der Waals surface area contributed by atoms with Crippen LogP contribution < -0.4 is 5.32 Å². The topological polar surface area (TPSA) is 78.1 Å². The molecule has 2 aliphatic rings. The van der Waals surface area contributed by atoms with E-state index in [0.29, 0.717) is 5.69 Å². The number of aromatic nitrogens is 2. The zero-order valence-corrected chi connectivity index (χ0v) is 12.2. The standard InChI is InChI=1S/C16H18N4O2/c21-14-9-20(13-8-4-3-7-12(13)17-14)16(22)15-10-5-1-2-6-11(10)18-19-15/h1-2,5-6,12-13H,3-4,7-9H2,(H,17,21)(H,18,19). The average Bonchev–Trinajstić information content (AvgIpc) is 2.97. The fourth-order valence-electron chi connectivity index (χ4n) is 3.66. The van der Waals surface area contributed by atoms with Gasteiger partial charge in [0.05, 0.1) is 11.6 Å². The first-order valence-corrected chi connectivity index (χ1v) is 7.77. The third kappa shape index (κ3) is 2.06. The SMILES string of the molecule is O=C1CN(C(=O)c2n[nH]c3ccccc23)C2CCCCC2N1. The van der Waals surface area contributed by atoms with Gasteiger partial charge in [0.1, 0.15) is 6.54 Å². The number of hydrogen-bond acceptors (Lipinski definition) is 3. The number of amides is 2. The monoisotopic (exact) mass is 298 g/mol. The van der Waals surface area contributed by atoms with Gasteiger partial charge >= 0.3 is 0 Å². The van der Waals surface area contributed by atoms with Crippen molar-refractivity contribution in [3.8, 4) is 0 Å². The molecule has 6 heteroatoms. The number of nitrogens with one attached hydrogen (secondary N) is 2. The maximum Gasteiger partial charge on any atom is 0.275 e. The third-order valence-corrected chi connectivity index (χ3v) is 4.72. The molecule has 1 aromatic heterocycles. The molecule has 1 saturated carbocycles. The zero-order valence-electron chi connectivity index (χ0n) is 12.2. The Bertz CT molecular complexity index is 739. The molecule has 2 aromatic rings. The van der Waals surface area contributed by atoms with Crippen LogP contribution in [0, 0.1) is 0 Å². The van der Waals surface area contributed by atoms with E-state index in [1.54, 1.807) is 4.90 Å². The van der Waals surface area contributed by atoms with Crippen molar-refractivity contribution in [1.29, 1.82) is 0 Å². The van der Waals surface area contributed by atoms with Gasteiger partial charge < -0.3 is 10.2 Å². The minimum Gasteiger partial charge on any atom is -0.350 e. The number of piperazine rings is 1. The lowest BCUT2D eigenvalue weighted by Gasteiger charge is -2.43. The van der Waals surface area contributed by atoms with Crippen LogP contribution in [0.15, 0.2) is 24.3 Å². The van der Waals surface area contributed by atoms with E-state index in [0.717, 1.165) is 36.6 Å². The maximum atomic E-state index is 12.9. The molecule has 6 nitrogen and oxygen atoms in total. The van der Waals surface area contributed by atoms with E-state index in [9.17, 15) is 9.59 Å². The van der Waals surface area contributed by atoms with Crippen molar-refractivity contribution in [1.82, 2.24) is 20.4 Å². The summed E-state index contributed by atoms with van der Waals surface area (Å²) < 4.78 is 0. The summed E-state index contributed by atoms with van der Waals surface area (Å²) in [5.41, 5.74) is 1.25. The molecule has 0 bridgehead atoms. The Morgan fingerprint density at radius 3 is 2.95 bits per heavy atom. The predicted molar refractivity (Wildman–Crippen MR) is 81.3 cm³/mol. The van der Waals surface area contributed by atoms with Crippen molar-refractivity contribution in [2.45, 2.75) is 37.8 Å². The molecule has 1 aromatic carbocycles. The summed E-state index contributed by atoms with van der Waals surface area (Å²) in [4.78, 5) is 26.6. The quantitative estimate of drug-likeness (QED) is 0.836. The number of carbonyl (C=O) groups is 2. The van der Waals surface area contributed by atoms with Crippen molar-refractivity contribution in [2.75, 3.05) is 6.54 Å². The summed E-state index contributed by atoms with van der Waals surface area (Å²) in [6, 6.07) is 7.75. The summed E-state index contributed by atoms with van der Waals surface area (Å²) in [6.45, 7) is 0.126. The number of nitrogens with zero attached hydrogens (tertiary/aromatic N) is 2. The first-order valence-electron chi connectivity index (χ1n) is 7.77. The van der Waals surface area contributed by atoms with Gasteiger partial charge in [0, 0.05) is 11.4 Å². The molecule has 1 saturated heterocycles. The van der Waals surface area contributed by atoms with Gasteiger partial charge in [0.15, 0.2) is 5.69 Å². The molecule has 22 heavy (non-hydrogen) atoms. The van der Waals surface area contributed by atoms with Crippen molar-refractivity contribution < 1.29 is 9.59 Å². The van der Waals surface area contributed by atoms with Crippen LogP contribution in [0.5, 0.6) is 0 Å². The highest BCUT2D eigenvalue weighted by Gasteiger charge is 2.39. The summed E-state index contributed by atoms with van der Waals surface area (Å²) in [7, 11) is 0. The zero-order chi connectivity index (χ0) is 15.1. The van der Waals surface area contributed by atoms with Crippen LogP contribution in [0.4, 0.5) is 0 Å². The third-order valence-electron chi connectivity index (χ3n) is 4.72. The average molecular weight is 298 g/mol. The minimum atomic E-state index is -0.149. The summed E-state index contributed by atoms with van der Waals surface area (Å²) in [6.07, 6.45) is 4.09. The molecule has 114 valence electrons. The van der Waals surface area contributed by atoms with Crippen LogP contribution in [0.3, 0.4) is 0 Å². The van der Waals surface area contributed by atoms with E-state index < -0.39 is 0 Å². The Morgan fingerprint density at radius 2 is 2.05 bits per heavy atom. The molecule has 1 aliphatic heterocycles. The van der Waals surface area contributed by atoms with Crippen molar-refractivity contribution in [3.05, 3.63) is 30.0 Å². The highest BCUT2D eigenvalue weighted by atomic mass is 16.2. The highest BCUT2D eigenvalue weighted by molar-refractivity contribution is 6.06. The first kappa shape index (κ1) is 13.3. The fraction of sp³-hybridized carbons (Fsp3) is 0.438. The lowest BCUT2D eigenvalue weighted by atomic mass is 9.87. The summed E-state index contributed by atoms with van der Waals surface area (Å²) in [5, 5.41) is 10.9. The van der Waals surface area contributed by atoms with Gasteiger partial charge in [0.25, 0.3) is 5.91 Å². The Morgan fingerprint density at radius 1 is 1.23 bits per heavy atom. The Balaban J connectivity index is 1.70. The number of aromatic amines is 1. The molecule has 2 amide bonds. The molecule has 4 rings (SSSR count). The maximum absolute atomic E-state index is 12.9. The molecule has 2 atom stereocenters. The van der Waals surface area contributed by atoms with E-state index in [1.807, 2.05) is 24.3 Å². The second-order valence-corrected chi connectivity index (χ2v) is 6.08. The summed E-state index contributed by atoms with van der Waals surface area (Å²) >= 11 is 0. The number of benzene rings is 1. The minimum absolute atomic E-state index is 0.0728. The van der Waals surface area contributed by atoms with Crippen LogP contribution in [-0.2, 0) is 4.79 Å². The number of rotatable bonds is 1. The Hall–Kier alpha value is -2.37. The van der Waals surface area contributed by atoms with Gasteiger partial charge in [-0.15, -0.1) is 0 Å². The number of H-pyrrole nitrogens is 1. The van der Waals surface area contributed by atoms with Gasteiger partial charge in [-0.05, 0) is 18.9 Å². The second kappa shape index (κ2) is 5.12.